The summed E-state index contributed by atoms with van der Waals surface area (Å²) in [7, 11) is -4.90. The third-order valence-electron chi connectivity index (χ3n) is 4.94. The van der Waals surface area contributed by atoms with Crippen LogP contribution in [0, 0.1) is 12.8 Å². The van der Waals surface area contributed by atoms with E-state index in [0.29, 0.717) is 23.9 Å². The summed E-state index contributed by atoms with van der Waals surface area (Å²) in [4.78, 5) is 0.402. The molecule has 24 heavy (non-hydrogen) atoms. The molecule has 0 saturated carbocycles. The van der Waals surface area contributed by atoms with Crippen molar-refractivity contribution >= 4 is 18.1 Å². The Bertz CT molecular complexity index is 814. The average Bonchev–Trinajstić information content (AvgIpc) is 2.90. The SMILES string of the molecule is Cc1ccc(S(=O)(=O)N2CC3=C(C2)C([Si](C)(C)C)=CC(C)C3)cc1. The molecule has 0 spiro atoms. The summed E-state index contributed by atoms with van der Waals surface area (Å²) >= 11 is 0. The molecule has 0 saturated heterocycles. The normalized spacial score (nSPS) is 22.5. The number of aryl methyl sites for hydroxylation is 1. The molecular weight excluding hydrogens is 334 g/mol. The zero-order valence-electron chi connectivity index (χ0n) is 15.3. The molecule has 3 nitrogen and oxygen atoms in total. The Morgan fingerprint density at radius 3 is 2.29 bits per heavy atom. The van der Waals surface area contributed by atoms with Gasteiger partial charge in [0.1, 0.15) is 0 Å². The molecule has 0 amide bonds. The van der Waals surface area contributed by atoms with E-state index in [-0.39, 0.29) is 0 Å². The summed E-state index contributed by atoms with van der Waals surface area (Å²) in [6.45, 7) is 12.3. The van der Waals surface area contributed by atoms with Gasteiger partial charge in [-0.1, -0.05) is 61.1 Å². The van der Waals surface area contributed by atoms with E-state index in [1.54, 1.807) is 16.4 Å². The van der Waals surface area contributed by atoms with Crippen molar-refractivity contribution in [2.75, 3.05) is 13.1 Å². The van der Waals surface area contributed by atoms with Gasteiger partial charge in [0, 0.05) is 13.1 Å². The number of allylic oxidation sites excluding steroid dienone is 1. The molecule has 0 fully saturated rings. The van der Waals surface area contributed by atoms with Crippen LogP contribution in [0.3, 0.4) is 0 Å². The molecule has 1 aromatic rings. The minimum atomic E-state index is -3.42. The van der Waals surface area contributed by atoms with Crippen LogP contribution in [-0.2, 0) is 10.0 Å². The predicted octanol–water partition coefficient (Wildman–Crippen LogP) is 4.14. The standard InChI is InChI=1S/C19H27NO2SSi/c1-14-6-8-17(9-7-14)23(21,22)20-12-16-10-15(2)11-19(18(16)13-20)24(3,4)5/h6-9,11,15H,10,12-13H2,1-5H3. The highest BCUT2D eigenvalue weighted by Gasteiger charge is 2.38. The third kappa shape index (κ3) is 3.17. The largest absolute Gasteiger partial charge is 0.243 e. The predicted molar refractivity (Wildman–Crippen MR) is 102 cm³/mol. The lowest BCUT2D eigenvalue weighted by Crippen LogP contribution is -2.32. The Morgan fingerprint density at radius 2 is 1.71 bits per heavy atom. The first-order valence-corrected chi connectivity index (χ1v) is 13.5. The number of nitrogens with zero attached hydrogens (tertiary/aromatic N) is 1. The minimum Gasteiger partial charge on any atom is -0.207 e. The number of hydrogen-bond acceptors (Lipinski definition) is 2. The van der Waals surface area contributed by atoms with Gasteiger partial charge in [-0.05, 0) is 37.0 Å². The van der Waals surface area contributed by atoms with Gasteiger partial charge in [-0.15, -0.1) is 0 Å². The molecule has 1 atom stereocenters. The highest BCUT2D eigenvalue weighted by molar-refractivity contribution is 7.89. The summed E-state index contributed by atoms with van der Waals surface area (Å²) in [5.41, 5.74) is 3.71. The Labute approximate surface area is 147 Å². The van der Waals surface area contributed by atoms with Gasteiger partial charge in [-0.25, -0.2) is 8.42 Å². The Hall–Kier alpha value is -1.17. The fraction of sp³-hybridized carbons (Fsp3) is 0.474. The topological polar surface area (TPSA) is 37.4 Å². The lowest BCUT2D eigenvalue weighted by Gasteiger charge is -2.28. The monoisotopic (exact) mass is 361 g/mol. The first-order valence-electron chi connectivity index (χ1n) is 8.59. The van der Waals surface area contributed by atoms with E-state index in [0.717, 1.165) is 12.0 Å². The molecular formula is C19H27NO2SSi. The van der Waals surface area contributed by atoms with Gasteiger partial charge in [-0.2, -0.15) is 4.31 Å². The van der Waals surface area contributed by atoms with Crippen molar-refractivity contribution in [1.82, 2.24) is 4.31 Å². The van der Waals surface area contributed by atoms with Gasteiger partial charge in [-0.3, -0.25) is 0 Å². The van der Waals surface area contributed by atoms with Crippen LogP contribution < -0.4 is 0 Å². The van der Waals surface area contributed by atoms with E-state index in [4.69, 9.17) is 0 Å². The molecule has 0 aromatic heterocycles. The summed E-state index contributed by atoms with van der Waals surface area (Å²) < 4.78 is 27.7. The Kier molecular flexibility index (Phi) is 4.39. The van der Waals surface area contributed by atoms with Crippen molar-refractivity contribution in [3.63, 3.8) is 0 Å². The van der Waals surface area contributed by atoms with Crippen LogP contribution in [0.4, 0.5) is 0 Å². The molecule has 1 aliphatic carbocycles. The zero-order chi connectivity index (χ0) is 17.7. The van der Waals surface area contributed by atoms with E-state index in [1.807, 2.05) is 19.1 Å². The van der Waals surface area contributed by atoms with Gasteiger partial charge in [0.2, 0.25) is 10.0 Å². The lowest BCUT2D eigenvalue weighted by atomic mass is 9.92. The molecule has 130 valence electrons. The Balaban J connectivity index is 1.91. The molecule has 0 bridgehead atoms. The first-order chi connectivity index (χ1) is 11.1. The smallest absolute Gasteiger partial charge is 0.207 e. The van der Waals surface area contributed by atoms with Crippen LogP contribution in [0.5, 0.6) is 0 Å². The van der Waals surface area contributed by atoms with E-state index >= 15 is 0 Å². The second-order valence-corrected chi connectivity index (χ2v) is 15.2. The van der Waals surface area contributed by atoms with Crippen molar-refractivity contribution < 1.29 is 8.42 Å². The summed E-state index contributed by atoms with van der Waals surface area (Å²) in [5, 5.41) is 1.46. The maximum atomic E-state index is 13.0. The van der Waals surface area contributed by atoms with Gasteiger partial charge in [0.05, 0.1) is 13.0 Å². The van der Waals surface area contributed by atoms with E-state index in [9.17, 15) is 8.42 Å². The molecule has 1 unspecified atom stereocenters. The van der Waals surface area contributed by atoms with Crippen LogP contribution in [0.15, 0.2) is 51.6 Å². The highest BCUT2D eigenvalue weighted by Crippen LogP contribution is 2.39. The Morgan fingerprint density at radius 1 is 1.08 bits per heavy atom. The number of sulfonamides is 1. The van der Waals surface area contributed by atoms with Gasteiger partial charge >= 0.3 is 0 Å². The highest BCUT2D eigenvalue weighted by atomic mass is 32.2. The summed E-state index contributed by atoms with van der Waals surface area (Å²) in [5.74, 6) is 0.507. The van der Waals surface area contributed by atoms with Crippen LogP contribution in [-0.4, -0.2) is 33.9 Å². The van der Waals surface area contributed by atoms with Crippen LogP contribution in [0.1, 0.15) is 18.9 Å². The fourth-order valence-electron chi connectivity index (χ4n) is 3.68. The van der Waals surface area contributed by atoms with Crippen molar-refractivity contribution in [2.24, 2.45) is 5.92 Å². The quantitative estimate of drug-likeness (QED) is 0.759. The van der Waals surface area contributed by atoms with Crippen LogP contribution >= 0.6 is 0 Å². The van der Waals surface area contributed by atoms with Crippen molar-refractivity contribution in [1.29, 1.82) is 0 Å². The van der Waals surface area contributed by atoms with Crippen LogP contribution in [0.25, 0.3) is 0 Å². The molecule has 1 heterocycles. The second-order valence-electron chi connectivity index (χ2n) is 8.18. The molecule has 3 rings (SSSR count). The third-order valence-corrected chi connectivity index (χ3v) is 8.83. The first kappa shape index (κ1) is 17.6. The van der Waals surface area contributed by atoms with Gasteiger partial charge in [0.15, 0.2) is 0 Å². The van der Waals surface area contributed by atoms with Crippen LogP contribution in [0.2, 0.25) is 19.6 Å². The molecule has 0 radical (unpaired) electrons. The van der Waals surface area contributed by atoms with Gasteiger partial charge < -0.3 is 0 Å². The molecule has 0 N–H and O–H groups in total. The molecule has 5 heteroatoms. The number of hydrogen-bond donors (Lipinski definition) is 0. The summed E-state index contributed by atoms with van der Waals surface area (Å²) in [6.07, 6.45) is 3.39. The maximum absolute atomic E-state index is 13.0. The van der Waals surface area contributed by atoms with Crippen molar-refractivity contribution in [3.8, 4) is 0 Å². The maximum Gasteiger partial charge on any atom is 0.243 e. The molecule has 2 aliphatic rings. The molecule has 1 aliphatic heterocycles. The second kappa shape index (κ2) is 5.97. The number of rotatable bonds is 3. The fourth-order valence-corrected chi connectivity index (χ4v) is 7.03. The average molecular weight is 362 g/mol. The summed E-state index contributed by atoms with van der Waals surface area (Å²) in [6, 6.07) is 7.18. The minimum absolute atomic E-state index is 0.402. The van der Waals surface area contributed by atoms with E-state index in [1.165, 1.54) is 16.3 Å². The zero-order valence-corrected chi connectivity index (χ0v) is 17.1. The lowest BCUT2D eigenvalue weighted by molar-refractivity contribution is 0.479. The van der Waals surface area contributed by atoms with Gasteiger partial charge in [0.25, 0.3) is 0 Å². The van der Waals surface area contributed by atoms with E-state index in [2.05, 4.69) is 32.6 Å². The number of benzene rings is 1. The van der Waals surface area contributed by atoms with Crippen molar-refractivity contribution in [3.05, 3.63) is 52.2 Å². The van der Waals surface area contributed by atoms with E-state index < -0.39 is 18.1 Å². The van der Waals surface area contributed by atoms with Crippen molar-refractivity contribution in [2.45, 2.75) is 44.8 Å². The molecule has 1 aromatic carbocycles.